The number of ether oxygens (including phenoxy) is 1. The summed E-state index contributed by atoms with van der Waals surface area (Å²) in [6.07, 6.45) is 2.68. The first kappa shape index (κ1) is 14.0. The van der Waals surface area contributed by atoms with Gasteiger partial charge in [-0.3, -0.25) is 0 Å². The Morgan fingerprint density at radius 2 is 2.21 bits per heavy atom. The Labute approximate surface area is 122 Å². The molecule has 0 aliphatic rings. The molecule has 0 aliphatic carbocycles. The highest BCUT2D eigenvalue weighted by molar-refractivity contribution is 7.99. The smallest absolute Gasteiger partial charge is 0.122 e. The van der Waals surface area contributed by atoms with Crippen molar-refractivity contribution in [3.8, 4) is 5.75 Å². The van der Waals surface area contributed by atoms with Gasteiger partial charge in [-0.05, 0) is 30.7 Å². The number of benzene rings is 1. The van der Waals surface area contributed by atoms with Gasteiger partial charge >= 0.3 is 0 Å². The van der Waals surface area contributed by atoms with Crippen LogP contribution in [0.3, 0.4) is 0 Å². The third-order valence-electron chi connectivity index (χ3n) is 2.31. The quantitative estimate of drug-likeness (QED) is 0.837. The molecule has 0 amide bonds. The Morgan fingerprint density at radius 1 is 1.37 bits per heavy atom. The first-order valence-corrected chi connectivity index (χ1v) is 7.20. The highest BCUT2D eigenvalue weighted by Gasteiger charge is 2.06. The molecule has 1 heterocycles. The van der Waals surface area contributed by atoms with Gasteiger partial charge in [0.15, 0.2) is 0 Å². The van der Waals surface area contributed by atoms with E-state index in [1.165, 1.54) is 11.8 Å². The number of anilines is 1. The summed E-state index contributed by atoms with van der Waals surface area (Å²) >= 11 is 7.56. The minimum absolute atomic E-state index is 0.631. The van der Waals surface area contributed by atoms with Gasteiger partial charge in [-0.2, -0.15) is 0 Å². The van der Waals surface area contributed by atoms with E-state index < -0.39 is 0 Å². The normalized spacial score (nSPS) is 10.4. The second-order valence-electron chi connectivity index (χ2n) is 3.98. The maximum absolute atomic E-state index is 6.09. The first-order chi connectivity index (χ1) is 9.19. The minimum atomic E-state index is 0.631. The molecule has 0 unspecified atom stereocenters. The Morgan fingerprint density at radius 3 is 2.95 bits per heavy atom. The summed E-state index contributed by atoms with van der Waals surface area (Å²) in [7, 11) is 0. The minimum Gasteiger partial charge on any atom is -0.493 e. The van der Waals surface area contributed by atoms with E-state index >= 15 is 0 Å². The second-order valence-corrected chi connectivity index (χ2v) is 5.45. The molecule has 1 aromatic carbocycles. The maximum atomic E-state index is 6.09. The summed E-state index contributed by atoms with van der Waals surface area (Å²) in [5.41, 5.74) is 6.55. The lowest BCUT2D eigenvalue weighted by atomic mass is 10.3. The monoisotopic (exact) mass is 294 g/mol. The van der Waals surface area contributed by atoms with Gasteiger partial charge in [0.05, 0.1) is 11.6 Å². The van der Waals surface area contributed by atoms with Gasteiger partial charge in [-0.15, -0.1) is 0 Å². The van der Waals surface area contributed by atoms with Crippen molar-refractivity contribution >= 4 is 29.1 Å². The maximum Gasteiger partial charge on any atom is 0.122 e. The third kappa shape index (κ3) is 4.04. The van der Waals surface area contributed by atoms with Crippen molar-refractivity contribution < 1.29 is 4.74 Å². The molecule has 0 saturated heterocycles. The number of aromatic nitrogens is 1. The van der Waals surface area contributed by atoms with Crippen LogP contribution < -0.4 is 10.5 Å². The summed E-state index contributed by atoms with van der Waals surface area (Å²) in [6.45, 7) is 2.74. The molecular weight excluding hydrogens is 280 g/mol. The Bertz CT molecular complexity index is 563. The third-order valence-corrected chi connectivity index (χ3v) is 3.72. The molecule has 3 nitrogen and oxygen atoms in total. The molecule has 2 N–H and O–H groups in total. The summed E-state index contributed by atoms with van der Waals surface area (Å²) in [6, 6.07) is 9.27. The first-order valence-electron chi connectivity index (χ1n) is 6.01. The number of nitrogens with zero attached hydrogens (tertiary/aromatic N) is 1. The van der Waals surface area contributed by atoms with Gasteiger partial charge in [0, 0.05) is 22.8 Å². The van der Waals surface area contributed by atoms with E-state index in [9.17, 15) is 0 Å². The zero-order valence-electron chi connectivity index (χ0n) is 10.6. The van der Waals surface area contributed by atoms with E-state index in [1.807, 2.05) is 30.3 Å². The number of pyridine rings is 1. The molecule has 0 saturated carbocycles. The van der Waals surface area contributed by atoms with Crippen LogP contribution in [0.2, 0.25) is 5.02 Å². The van der Waals surface area contributed by atoms with Gasteiger partial charge in [0.25, 0.3) is 0 Å². The molecule has 19 heavy (non-hydrogen) atoms. The summed E-state index contributed by atoms with van der Waals surface area (Å²) in [5, 5.41) is 1.39. The van der Waals surface area contributed by atoms with E-state index in [0.29, 0.717) is 17.3 Å². The van der Waals surface area contributed by atoms with Gasteiger partial charge in [-0.25, -0.2) is 4.98 Å². The van der Waals surface area contributed by atoms with Crippen LogP contribution in [0.1, 0.15) is 13.3 Å². The molecule has 0 aliphatic heterocycles. The van der Waals surface area contributed by atoms with Crippen LogP contribution in [0.4, 0.5) is 5.69 Å². The summed E-state index contributed by atoms with van der Waals surface area (Å²) < 4.78 is 5.60. The van der Waals surface area contributed by atoms with E-state index in [2.05, 4.69) is 11.9 Å². The average Bonchev–Trinajstić information content (AvgIpc) is 2.38. The standard InChI is InChI=1S/C14H15ClN2OS/c1-2-6-18-11-7-10(16)8-12(9-11)19-14-13(15)4-3-5-17-14/h3-5,7-9H,2,6,16H2,1H3. The van der Waals surface area contributed by atoms with Gasteiger partial charge in [0.2, 0.25) is 0 Å². The fraction of sp³-hybridized carbons (Fsp3) is 0.214. The molecule has 0 atom stereocenters. The number of rotatable bonds is 5. The lowest BCUT2D eigenvalue weighted by Crippen LogP contribution is -1.96. The van der Waals surface area contributed by atoms with Gasteiger partial charge < -0.3 is 10.5 Å². The molecule has 2 rings (SSSR count). The van der Waals surface area contributed by atoms with Crippen molar-refractivity contribution in [1.29, 1.82) is 0 Å². The Hall–Kier alpha value is -1.39. The topological polar surface area (TPSA) is 48.1 Å². The number of halogens is 1. The van der Waals surface area contributed by atoms with E-state index in [0.717, 1.165) is 22.1 Å². The van der Waals surface area contributed by atoms with Crippen molar-refractivity contribution in [3.05, 3.63) is 41.6 Å². The van der Waals surface area contributed by atoms with Crippen LogP contribution in [-0.2, 0) is 0 Å². The molecule has 0 spiro atoms. The number of hydrogen-bond donors (Lipinski definition) is 1. The molecular formula is C14H15ClN2OS. The predicted molar refractivity (Wildman–Crippen MR) is 80.0 cm³/mol. The zero-order valence-corrected chi connectivity index (χ0v) is 12.2. The second kappa shape index (κ2) is 6.68. The van der Waals surface area contributed by atoms with Gasteiger partial charge in [0.1, 0.15) is 10.8 Å². The van der Waals surface area contributed by atoms with Crippen LogP contribution in [0.15, 0.2) is 46.5 Å². The number of nitrogens with two attached hydrogens (primary N) is 1. The summed E-state index contributed by atoms with van der Waals surface area (Å²) in [4.78, 5) is 5.21. The lowest BCUT2D eigenvalue weighted by Gasteiger charge is -2.09. The number of hydrogen-bond acceptors (Lipinski definition) is 4. The lowest BCUT2D eigenvalue weighted by molar-refractivity contribution is 0.317. The van der Waals surface area contributed by atoms with Crippen LogP contribution in [0.25, 0.3) is 0 Å². The largest absolute Gasteiger partial charge is 0.493 e. The fourth-order valence-electron chi connectivity index (χ4n) is 1.51. The molecule has 1 aromatic heterocycles. The predicted octanol–water partition coefficient (Wildman–Crippen LogP) is 4.26. The molecule has 100 valence electrons. The molecule has 0 fully saturated rings. The van der Waals surface area contributed by atoms with Crippen LogP contribution in [0.5, 0.6) is 5.75 Å². The highest BCUT2D eigenvalue weighted by atomic mass is 35.5. The highest BCUT2D eigenvalue weighted by Crippen LogP contribution is 2.34. The fourth-order valence-corrected chi connectivity index (χ4v) is 2.62. The zero-order chi connectivity index (χ0) is 13.7. The van der Waals surface area contributed by atoms with Crippen molar-refractivity contribution in [3.63, 3.8) is 0 Å². The molecule has 5 heteroatoms. The summed E-state index contributed by atoms with van der Waals surface area (Å²) in [5.74, 6) is 0.774. The average molecular weight is 295 g/mol. The number of nitrogen functional groups attached to an aromatic ring is 1. The van der Waals surface area contributed by atoms with Crippen LogP contribution >= 0.6 is 23.4 Å². The van der Waals surface area contributed by atoms with Crippen LogP contribution in [0, 0.1) is 0 Å². The van der Waals surface area contributed by atoms with E-state index in [4.69, 9.17) is 22.1 Å². The van der Waals surface area contributed by atoms with E-state index in [-0.39, 0.29) is 0 Å². The Balaban J connectivity index is 2.20. The SMILES string of the molecule is CCCOc1cc(N)cc(Sc2ncccc2Cl)c1. The van der Waals surface area contributed by atoms with Crippen molar-refractivity contribution in [1.82, 2.24) is 4.98 Å². The van der Waals surface area contributed by atoms with Crippen molar-refractivity contribution in [2.45, 2.75) is 23.3 Å². The Kier molecular flexibility index (Phi) is 4.93. The molecule has 0 bridgehead atoms. The van der Waals surface area contributed by atoms with Crippen molar-refractivity contribution in [2.75, 3.05) is 12.3 Å². The molecule has 2 aromatic rings. The van der Waals surface area contributed by atoms with Crippen LogP contribution in [-0.4, -0.2) is 11.6 Å². The van der Waals surface area contributed by atoms with E-state index in [1.54, 1.807) is 6.20 Å². The van der Waals surface area contributed by atoms with Crippen molar-refractivity contribution in [2.24, 2.45) is 0 Å². The molecule has 0 radical (unpaired) electrons. The van der Waals surface area contributed by atoms with Gasteiger partial charge in [-0.1, -0.05) is 30.3 Å².